The first-order valence-electron chi connectivity index (χ1n) is 5.88. The third-order valence-corrected chi connectivity index (χ3v) is 3.20. The van der Waals surface area contributed by atoms with E-state index in [2.05, 4.69) is 10.1 Å². The summed E-state index contributed by atoms with van der Waals surface area (Å²) < 4.78 is 6.58. The Bertz CT molecular complexity index is 1100. The normalized spacial score (nSPS) is 11.6. The van der Waals surface area contributed by atoms with Crippen LogP contribution in [0, 0.1) is 0 Å². The van der Waals surface area contributed by atoms with Crippen molar-refractivity contribution in [1.82, 2.24) is 14.6 Å². The molecule has 3 heterocycles. The molecule has 0 fully saturated rings. The maximum Gasteiger partial charge on any atom is 0.349 e. The predicted octanol–water partition coefficient (Wildman–Crippen LogP) is 0.864. The fraction of sp³-hybridized carbons (Fsp3) is 0. The second-order valence-electron chi connectivity index (χ2n) is 4.43. The Morgan fingerprint density at radius 2 is 2.05 bits per heavy atom. The zero-order valence-corrected chi connectivity index (χ0v) is 10.1. The minimum absolute atomic E-state index is 0.156. The van der Waals surface area contributed by atoms with Crippen molar-refractivity contribution in [2.75, 3.05) is 5.73 Å². The molecule has 7 nitrogen and oxygen atoms in total. The van der Waals surface area contributed by atoms with Crippen molar-refractivity contribution in [3.05, 3.63) is 51.1 Å². The second-order valence-corrected chi connectivity index (χ2v) is 4.43. The van der Waals surface area contributed by atoms with Crippen LogP contribution >= 0.6 is 0 Å². The molecule has 0 aliphatic heterocycles. The highest BCUT2D eigenvalue weighted by atomic mass is 16.4. The topological polar surface area (TPSA) is 106 Å². The molecule has 3 aromatic heterocycles. The van der Waals surface area contributed by atoms with E-state index in [0.29, 0.717) is 16.5 Å². The van der Waals surface area contributed by atoms with Gasteiger partial charge in [0.1, 0.15) is 22.3 Å². The number of benzene rings is 1. The molecule has 7 heteroatoms. The van der Waals surface area contributed by atoms with Crippen molar-refractivity contribution in [3.63, 3.8) is 0 Å². The van der Waals surface area contributed by atoms with Crippen molar-refractivity contribution < 1.29 is 4.42 Å². The van der Waals surface area contributed by atoms with E-state index >= 15 is 0 Å². The fourth-order valence-electron chi connectivity index (χ4n) is 2.35. The van der Waals surface area contributed by atoms with Gasteiger partial charge in [0.15, 0.2) is 5.65 Å². The quantitative estimate of drug-likeness (QED) is 0.460. The molecular weight excluding hydrogens is 260 g/mol. The Kier molecular flexibility index (Phi) is 1.88. The Balaban J connectivity index is 2.42. The summed E-state index contributed by atoms with van der Waals surface area (Å²) in [6.07, 6.45) is 0. The standard InChI is InChI=1S/C13H8N4O3/c14-8-5-9(18)15-12-10-11(16-17(8)12)6-3-1-2-4-7(6)20-13(10)19/h1-5H,14H2,(H,15,18). The Hall–Kier alpha value is -3.09. The van der Waals surface area contributed by atoms with E-state index < -0.39 is 11.2 Å². The van der Waals surface area contributed by atoms with Gasteiger partial charge in [0.05, 0.1) is 0 Å². The van der Waals surface area contributed by atoms with E-state index in [1.165, 1.54) is 10.6 Å². The molecule has 0 saturated heterocycles. The summed E-state index contributed by atoms with van der Waals surface area (Å²) in [5, 5.41) is 5.21. The van der Waals surface area contributed by atoms with Crippen LogP contribution in [0.4, 0.5) is 5.82 Å². The highest BCUT2D eigenvalue weighted by Crippen LogP contribution is 2.23. The number of nitrogens with one attached hydrogen (secondary N) is 1. The van der Waals surface area contributed by atoms with Crippen LogP contribution in [0.25, 0.3) is 27.5 Å². The first-order chi connectivity index (χ1) is 9.65. The number of nitrogen functional groups attached to an aromatic ring is 1. The van der Waals surface area contributed by atoms with Gasteiger partial charge in [-0.1, -0.05) is 12.1 Å². The molecule has 0 aliphatic carbocycles. The third kappa shape index (κ3) is 1.26. The first kappa shape index (κ1) is 10.8. The molecule has 1 aromatic carbocycles. The number of aromatic amines is 1. The van der Waals surface area contributed by atoms with Gasteiger partial charge in [-0.15, -0.1) is 0 Å². The molecule has 0 amide bonds. The van der Waals surface area contributed by atoms with E-state index in [0.717, 1.165) is 0 Å². The van der Waals surface area contributed by atoms with Gasteiger partial charge in [0, 0.05) is 11.5 Å². The summed E-state index contributed by atoms with van der Waals surface area (Å²) in [6.45, 7) is 0. The highest BCUT2D eigenvalue weighted by Gasteiger charge is 2.16. The zero-order chi connectivity index (χ0) is 13.9. The van der Waals surface area contributed by atoms with Gasteiger partial charge in [-0.3, -0.25) is 4.79 Å². The molecular formula is C13H8N4O3. The molecule has 3 N–H and O–H groups in total. The number of aromatic nitrogens is 3. The van der Waals surface area contributed by atoms with E-state index in [9.17, 15) is 9.59 Å². The van der Waals surface area contributed by atoms with Crippen LogP contribution in [0.15, 0.2) is 44.3 Å². The van der Waals surface area contributed by atoms with Crippen LogP contribution in [-0.4, -0.2) is 14.6 Å². The van der Waals surface area contributed by atoms with Crippen LogP contribution in [0.1, 0.15) is 0 Å². The minimum Gasteiger partial charge on any atom is -0.422 e. The highest BCUT2D eigenvalue weighted by molar-refractivity contribution is 6.06. The van der Waals surface area contributed by atoms with Crippen molar-refractivity contribution in [2.45, 2.75) is 0 Å². The number of hydrogen-bond acceptors (Lipinski definition) is 5. The van der Waals surface area contributed by atoms with Gasteiger partial charge in [-0.05, 0) is 12.1 Å². The first-order valence-corrected chi connectivity index (χ1v) is 5.88. The summed E-state index contributed by atoms with van der Waals surface area (Å²) in [4.78, 5) is 26.2. The van der Waals surface area contributed by atoms with Gasteiger partial charge in [-0.2, -0.15) is 9.61 Å². The third-order valence-electron chi connectivity index (χ3n) is 3.20. The van der Waals surface area contributed by atoms with Crippen molar-refractivity contribution in [2.24, 2.45) is 0 Å². The number of hydrogen-bond donors (Lipinski definition) is 2. The molecule has 20 heavy (non-hydrogen) atoms. The van der Waals surface area contributed by atoms with Gasteiger partial charge in [0.25, 0.3) is 5.56 Å². The van der Waals surface area contributed by atoms with E-state index in [-0.39, 0.29) is 16.9 Å². The molecule has 0 atom stereocenters. The van der Waals surface area contributed by atoms with Crippen molar-refractivity contribution in [3.8, 4) is 0 Å². The summed E-state index contributed by atoms with van der Waals surface area (Å²) >= 11 is 0. The molecule has 0 bridgehead atoms. The Morgan fingerprint density at radius 1 is 1.25 bits per heavy atom. The molecule has 98 valence electrons. The van der Waals surface area contributed by atoms with E-state index in [4.69, 9.17) is 10.2 Å². The minimum atomic E-state index is -0.560. The van der Waals surface area contributed by atoms with Gasteiger partial charge < -0.3 is 15.1 Å². The summed E-state index contributed by atoms with van der Waals surface area (Å²) in [5.41, 5.74) is 5.93. The number of nitrogens with two attached hydrogens (primary N) is 1. The van der Waals surface area contributed by atoms with Crippen LogP contribution in [-0.2, 0) is 0 Å². The average molecular weight is 268 g/mol. The van der Waals surface area contributed by atoms with Crippen LogP contribution in [0.3, 0.4) is 0 Å². The second kappa shape index (κ2) is 3.47. The number of para-hydroxylation sites is 1. The van der Waals surface area contributed by atoms with Gasteiger partial charge in [-0.25, -0.2) is 4.79 Å². The smallest absolute Gasteiger partial charge is 0.349 e. The fourth-order valence-corrected chi connectivity index (χ4v) is 2.35. The number of rotatable bonds is 0. The average Bonchev–Trinajstić information content (AvgIpc) is 2.79. The molecule has 0 spiro atoms. The SMILES string of the molecule is Nc1cc(=O)[nH]c2c3c(=O)oc4ccccc4c3nn12. The molecule has 4 aromatic rings. The maximum atomic E-state index is 12.1. The Morgan fingerprint density at radius 3 is 2.90 bits per heavy atom. The van der Waals surface area contributed by atoms with Crippen LogP contribution < -0.4 is 16.9 Å². The largest absolute Gasteiger partial charge is 0.422 e. The number of fused-ring (bicyclic) bond motifs is 5. The Labute approximate surface area is 110 Å². The van der Waals surface area contributed by atoms with Crippen LogP contribution in [0.2, 0.25) is 0 Å². The summed E-state index contributed by atoms with van der Waals surface area (Å²) in [5.74, 6) is 0.156. The van der Waals surface area contributed by atoms with E-state index in [1.807, 2.05) is 6.07 Å². The molecule has 0 saturated carbocycles. The lowest BCUT2D eigenvalue weighted by molar-refractivity contribution is 0.570. The predicted molar refractivity (Wildman–Crippen MR) is 73.8 cm³/mol. The number of anilines is 1. The van der Waals surface area contributed by atoms with Crippen molar-refractivity contribution >= 4 is 33.3 Å². The lowest BCUT2D eigenvalue weighted by Gasteiger charge is -1.96. The summed E-state index contributed by atoms with van der Waals surface area (Å²) in [6, 6.07) is 8.28. The number of nitrogens with zero attached hydrogens (tertiary/aromatic N) is 2. The van der Waals surface area contributed by atoms with Gasteiger partial charge >= 0.3 is 5.63 Å². The molecule has 0 aliphatic rings. The molecule has 0 unspecified atom stereocenters. The maximum absolute atomic E-state index is 12.1. The lowest BCUT2D eigenvalue weighted by atomic mass is 10.2. The zero-order valence-electron chi connectivity index (χ0n) is 10.1. The van der Waals surface area contributed by atoms with E-state index in [1.54, 1.807) is 18.2 Å². The summed E-state index contributed by atoms with van der Waals surface area (Å²) in [7, 11) is 0. The molecule has 0 radical (unpaired) electrons. The number of H-pyrrole nitrogens is 1. The monoisotopic (exact) mass is 268 g/mol. The molecule has 4 rings (SSSR count). The van der Waals surface area contributed by atoms with Gasteiger partial charge in [0.2, 0.25) is 0 Å². The lowest BCUT2D eigenvalue weighted by Crippen LogP contribution is -2.11. The van der Waals surface area contributed by atoms with Crippen molar-refractivity contribution in [1.29, 1.82) is 0 Å². The van der Waals surface area contributed by atoms with Crippen LogP contribution in [0.5, 0.6) is 0 Å².